The number of fused-ring (bicyclic) bond motifs is 1. The van der Waals surface area contributed by atoms with Crippen LogP contribution in [0.2, 0.25) is 0 Å². The molecule has 0 radical (unpaired) electrons. The Morgan fingerprint density at radius 1 is 1.20 bits per heavy atom. The maximum atomic E-state index is 6.08. The van der Waals surface area contributed by atoms with Crippen LogP contribution in [0.1, 0.15) is 35.8 Å². The van der Waals surface area contributed by atoms with Crippen LogP contribution in [0.5, 0.6) is 5.75 Å². The van der Waals surface area contributed by atoms with Gasteiger partial charge in [-0.05, 0) is 44.5 Å². The van der Waals surface area contributed by atoms with Crippen LogP contribution in [0.3, 0.4) is 0 Å². The van der Waals surface area contributed by atoms with Crippen LogP contribution >= 0.6 is 0 Å². The van der Waals surface area contributed by atoms with Crippen LogP contribution in [-0.2, 0) is 6.42 Å². The highest BCUT2D eigenvalue weighted by atomic mass is 16.5. The maximum absolute atomic E-state index is 6.08. The van der Waals surface area contributed by atoms with Crippen molar-refractivity contribution in [2.75, 3.05) is 31.6 Å². The van der Waals surface area contributed by atoms with E-state index in [1.165, 1.54) is 11.3 Å². The summed E-state index contributed by atoms with van der Waals surface area (Å²) in [6, 6.07) is 10.5. The molecule has 25 heavy (non-hydrogen) atoms. The van der Waals surface area contributed by atoms with Crippen molar-refractivity contribution in [3.05, 3.63) is 47.4 Å². The minimum absolute atomic E-state index is 0.181. The number of ether oxygens (including phenoxy) is 1. The van der Waals surface area contributed by atoms with Crippen molar-refractivity contribution < 1.29 is 4.74 Å². The summed E-state index contributed by atoms with van der Waals surface area (Å²) in [6.07, 6.45) is 3.45. The van der Waals surface area contributed by atoms with E-state index in [0.29, 0.717) is 5.92 Å². The number of hydrogen-bond donors (Lipinski definition) is 1. The summed E-state index contributed by atoms with van der Waals surface area (Å²) in [7, 11) is 2.10. The SMILES string of the molecule is Cc1nc(C2CCNCC2)cc(N(C)CC2Cc3ccccc3O2)n1. The largest absolute Gasteiger partial charge is 0.488 e. The van der Waals surface area contributed by atoms with E-state index in [0.717, 1.165) is 56.3 Å². The van der Waals surface area contributed by atoms with Gasteiger partial charge in [0, 0.05) is 31.1 Å². The smallest absolute Gasteiger partial charge is 0.132 e. The van der Waals surface area contributed by atoms with Gasteiger partial charge in [0.05, 0.1) is 6.54 Å². The Morgan fingerprint density at radius 3 is 2.80 bits per heavy atom. The number of nitrogens with one attached hydrogen (secondary N) is 1. The molecule has 0 amide bonds. The molecule has 3 heterocycles. The third-order valence-electron chi connectivity index (χ3n) is 5.18. The number of hydrogen-bond acceptors (Lipinski definition) is 5. The molecule has 132 valence electrons. The van der Waals surface area contributed by atoms with E-state index in [9.17, 15) is 0 Å². The van der Waals surface area contributed by atoms with Crippen LogP contribution in [0.25, 0.3) is 0 Å². The van der Waals surface area contributed by atoms with E-state index in [1.54, 1.807) is 0 Å². The highest BCUT2D eigenvalue weighted by molar-refractivity contribution is 5.42. The Morgan fingerprint density at radius 2 is 2.00 bits per heavy atom. The van der Waals surface area contributed by atoms with E-state index in [-0.39, 0.29) is 6.10 Å². The molecule has 0 aliphatic carbocycles. The maximum Gasteiger partial charge on any atom is 0.132 e. The average molecular weight is 338 g/mol. The number of para-hydroxylation sites is 1. The first-order valence-electron chi connectivity index (χ1n) is 9.21. The molecule has 0 bridgehead atoms. The Hall–Kier alpha value is -2.14. The third kappa shape index (κ3) is 3.61. The molecule has 4 rings (SSSR count). The Balaban J connectivity index is 1.47. The van der Waals surface area contributed by atoms with Crippen molar-refractivity contribution >= 4 is 5.82 Å². The van der Waals surface area contributed by atoms with Crippen LogP contribution in [0, 0.1) is 6.92 Å². The molecule has 2 aliphatic heterocycles. The summed E-state index contributed by atoms with van der Waals surface area (Å²) in [5.41, 5.74) is 2.49. The van der Waals surface area contributed by atoms with Gasteiger partial charge in [0.15, 0.2) is 0 Å². The molecule has 1 fully saturated rings. The fraction of sp³-hybridized carbons (Fsp3) is 0.500. The van der Waals surface area contributed by atoms with Crippen molar-refractivity contribution in [2.24, 2.45) is 0 Å². The monoisotopic (exact) mass is 338 g/mol. The molecular formula is C20H26N4O. The number of piperidine rings is 1. The van der Waals surface area contributed by atoms with Gasteiger partial charge in [0.2, 0.25) is 0 Å². The number of nitrogens with zero attached hydrogens (tertiary/aromatic N) is 3. The predicted molar refractivity (Wildman–Crippen MR) is 99.4 cm³/mol. The lowest BCUT2D eigenvalue weighted by atomic mass is 9.94. The molecule has 1 atom stereocenters. The van der Waals surface area contributed by atoms with E-state index in [4.69, 9.17) is 9.72 Å². The highest BCUT2D eigenvalue weighted by Crippen LogP contribution is 2.30. The quantitative estimate of drug-likeness (QED) is 0.929. The molecule has 2 aliphatic rings. The number of rotatable bonds is 4. The fourth-order valence-electron chi connectivity index (χ4n) is 3.85. The molecule has 0 saturated carbocycles. The zero-order valence-electron chi connectivity index (χ0n) is 15.0. The molecular weight excluding hydrogens is 312 g/mol. The lowest BCUT2D eigenvalue weighted by Crippen LogP contribution is -2.33. The Kier molecular flexibility index (Phi) is 4.57. The normalized spacial score (nSPS) is 20.2. The average Bonchev–Trinajstić information content (AvgIpc) is 3.04. The van der Waals surface area contributed by atoms with E-state index in [2.05, 4.69) is 46.5 Å². The molecule has 1 aromatic carbocycles. The molecule has 1 unspecified atom stereocenters. The summed E-state index contributed by atoms with van der Waals surface area (Å²) in [4.78, 5) is 11.6. The van der Waals surface area contributed by atoms with Gasteiger partial charge in [-0.1, -0.05) is 18.2 Å². The Bertz CT molecular complexity index is 717. The van der Waals surface area contributed by atoms with Crippen LogP contribution in [-0.4, -0.2) is 42.8 Å². The first kappa shape index (κ1) is 16.3. The number of anilines is 1. The Labute approximate surface area is 149 Å². The molecule has 0 spiro atoms. The van der Waals surface area contributed by atoms with Gasteiger partial charge < -0.3 is 15.0 Å². The summed E-state index contributed by atoms with van der Waals surface area (Å²) in [5, 5.41) is 3.42. The van der Waals surface area contributed by atoms with Crippen molar-refractivity contribution in [2.45, 2.75) is 38.2 Å². The summed E-state index contributed by atoms with van der Waals surface area (Å²) < 4.78 is 6.08. The minimum atomic E-state index is 0.181. The molecule has 1 N–H and O–H groups in total. The summed E-state index contributed by atoms with van der Waals surface area (Å²) >= 11 is 0. The minimum Gasteiger partial charge on any atom is -0.488 e. The van der Waals surface area contributed by atoms with Crippen molar-refractivity contribution in [1.82, 2.24) is 15.3 Å². The van der Waals surface area contributed by atoms with Gasteiger partial charge in [-0.2, -0.15) is 0 Å². The van der Waals surface area contributed by atoms with Gasteiger partial charge in [0.1, 0.15) is 23.5 Å². The van der Waals surface area contributed by atoms with Crippen molar-refractivity contribution in [3.8, 4) is 5.75 Å². The molecule has 2 aromatic rings. The predicted octanol–water partition coefficient (Wildman–Crippen LogP) is 2.69. The molecule has 1 saturated heterocycles. The zero-order valence-corrected chi connectivity index (χ0v) is 15.0. The number of likely N-dealkylation sites (N-methyl/N-ethyl adjacent to an activating group) is 1. The second-order valence-corrected chi connectivity index (χ2v) is 7.15. The third-order valence-corrected chi connectivity index (χ3v) is 5.18. The van der Waals surface area contributed by atoms with Crippen LogP contribution in [0.4, 0.5) is 5.82 Å². The second-order valence-electron chi connectivity index (χ2n) is 7.15. The number of aromatic nitrogens is 2. The molecule has 5 nitrogen and oxygen atoms in total. The number of benzene rings is 1. The lowest BCUT2D eigenvalue weighted by molar-refractivity contribution is 0.239. The fourth-order valence-corrected chi connectivity index (χ4v) is 3.85. The number of aryl methyl sites for hydroxylation is 1. The highest BCUT2D eigenvalue weighted by Gasteiger charge is 2.25. The van der Waals surface area contributed by atoms with Gasteiger partial charge >= 0.3 is 0 Å². The zero-order chi connectivity index (χ0) is 17.2. The van der Waals surface area contributed by atoms with Crippen molar-refractivity contribution in [3.63, 3.8) is 0 Å². The molecule has 1 aromatic heterocycles. The van der Waals surface area contributed by atoms with E-state index < -0.39 is 0 Å². The first-order valence-corrected chi connectivity index (χ1v) is 9.21. The van der Waals surface area contributed by atoms with Gasteiger partial charge in [-0.25, -0.2) is 9.97 Å². The topological polar surface area (TPSA) is 50.3 Å². The van der Waals surface area contributed by atoms with Gasteiger partial charge in [-0.15, -0.1) is 0 Å². The first-order chi connectivity index (χ1) is 12.2. The second kappa shape index (κ2) is 7.00. The van der Waals surface area contributed by atoms with E-state index >= 15 is 0 Å². The molecule has 5 heteroatoms. The van der Waals surface area contributed by atoms with Gasteiger partial charge in [0.25, 0.3) is 0 Å². The van der Waals surface area contributed by atoms with Crippen LogP contribution in [0.15, 0.2) is 30.3 Å². The van der Waals surface area contributed by atoms with Crippen LogP contribution < -0.4 is 15.0 Å². The van der Waals surface area contributed by atoms with Crippen molar-refractivity contribution in [1.29, 1.82) is 0 Å². The summed E-state index contributed by atoms with van der Waals surface area (Å²) in [5.74, 6) is 3.42. The lowest BCUT2D eigenvalue weighted by Gasteiger charge is -2.25. The van der Waals surface area contributed by atoms with E-state index in [1.807, 2.05) is 13.0 Å². The summed E-state index contributed by atoms with van der Waals surface area (Å²) in [6.45, 7) is 4.97. The van der Waals surface area contributed by atoms with Gasteiger partial charge in [-0.3, -0.25) is 0 Å². The standard InChI is InChI=1S/C20H26N4O/c1-14-22-18(15-7-9-21-10-8-15)12-20(23-14)24(2)13-17-11-16-5-3-4-6-19(16)25-17/h3-6,12,15,17,21H,7-11,13H2,1-2H3.